The number of allylic oxidation sites excluding steroid dienone is 2. The third-order valence-electron chi connectivity index (χ3n) is 6.90. The van der Waals surface area contributed by atoms with Crippen LogP contribution in [0.5, 0.6) is 11.5 Å². The summed E-state index contributed by atoms with van der Waals surface area (Å²) in [7, 11) is 1.51. The average Bonchev–Trinajstić information content (AvgIpc) is 2.82. The molecule has 2 unspecified atom stereocenters. The third-order valence-corrected chi connectivity index (χ3v) is 6.90. The molecule has 3 rings (SSSR count). The van der Waals surface area contributed by atoms with Gasteiger partial charge in [0.2, 0.25) is 0 Å². The number of carbonyl (C=O) groups is 2. The van der Waals surface area contributed by atoms with Gasteiger partial charge in [-0.3, -0.25) is 9.59 Å². The van der Waals surface area contributed by atoms with Gasteiger partial charge in [-0.1, -0.05) is 38.2 Å². The second-order valence-electron chi connectivity index (χ2n) is 9.80. The largest absolute Gasteiger partial charge is 0.504 e. The lowest BCUT2D eigenvalue weighted by atomic mass is 9.84. The van der Waals surface area contributed by atoms with E-state index >= 15 is 0 Å². The first-order valence-electron chi connectivity index (χ1n) is 12.9. The minimum absolute atomic E-state index is 0.0431. The number of nitrogens with two attached hydrogens (primary N) is 1. The second-order valence-corrected chi connectivity index (χ2v) is 9.80. The standard InChI is InChI=1S/C28H40N2O6/c1-18(31)35-23(16-24(36-19(2)32)13-20-7-5-4-6-8-20)10-9-21-14-27(34-3)26(33)17-25(21)22-11-12-30-28(29)15-22/h11,14-15,17,20,23-24,30,33H,4-10,12-13,16,29H2,1-3H3. The van der Waals surface area contributed by atoms with Crippen LogP contribution in [0.1, 0.15) is 76.3 Å². The van der Waals surface area contributed by atoms with Crippen molar-refractivity contribution in [1.82, 2.24) is 5.32 Å². The molecule has 1 heterocycles. The van der Waals surface area contributed by atoms with Gasteiger partial charge in [-0.15, -0.1) is 0 Å². The highest BCUT2D eigenvalue weighted by molar-refractivity contribution is 5.79. The molecule has 1 aromatic rings. The van der Waals surface area contributed by atoms with E-state index in [1.54, 1.807) is 6.07 Å². The first-order valence-corrected chi connectivity index (χ1v) is 12.9. The molecule has 0 amide bonds. The zero-order chi connectivity index (χ0) is 26.1. The number of hydrogen-bond donors (Lipinski definition) is 3. The Morgan fingerprint density at radius 1 is 1.11 bits per heavy atom. The van der Waals surface area contributed by atoms with Crippen molar-refractivity contribution in [2.45, 2.75) is 83.8 Å². The molecule has 198 valence electrons. The van der Waals surface area contributed by atoms with Crippen LogP contribution in [0.25, 0.3) is 5.57 Å². The highest BCUT2D eigenvalue weighted by atomic mass is 16.6. The molecule has 0 spiro atoms. The number of aromatic hydroxyl groups is 1. The van der Waals surface area contributed by atoms with Crippen LogP contribution in [-0.4, -0.2) is 42.9 Å². The Morgan fingerprint density at radius 3 is 2.44 bits per heavy atom. The van der Waals surface area contributed by atoms with E-state index in [4.69, 9.17) is 19.9 Å². The van der Waals surface area contributed by atoms with Crippen molar-refractivity contribution in [3.05, 3.63) is 41.2 Å². The molecule has 8 nitrogen and oxygen atoms in total. The quantitative estimate of drug-likeness (QED) is 0.384. The molecule has 36 heavy (non-hydrogen) atoms. The summed E-state index contributed by atoms with van der Waals surface area (Å²) >= 11 is 0. The van der Waals surface area contributed by atoms with Crippen LogP contribution < -0.4 is 15.8 Å². The van der Waals surface area contributed by atoms with Crippen LogP contribution in [-0.2, 0) is 25.5 Å². The fraction of sp³-hybridized carbons (Fsp3) is 0.571. The van der Waals surface area contributed by atoms with Crippen molar-refractivity contribution >= 4 is 17.5 Å². The van der Waals surface area contributed by atoms with Gasteiger partial charge >= 0.3 is 11.9 Å². The van der Waals surface area contributed by atoms with Crippen molar-refractivity contribution in [1.29, 1.82) is 0 Å². The van der Waals surface area contributed by atoms with E-state index in [-0.39, 0.29) is 23.8 Å². The van der Waals surface area contributed by atoms with Crippen LogP contribution in [0, 0.1) is 5.92 Å². The van der Waals surface area contributed by atoms with Gasteiger partial charge < -0.3 is 30.4 Å². The summed E-state index contributed by atoms with van der Waals surface area (Å²) in [6, 6.07) is 3.49. The molecule has 2 atom stereocenters. The maximum atomic E-state index is 11.9. The number of dihydropyridines is 1. The number of phenolic OH excluding ortho intramolecular Hbond substituents is 1. The van der Waals surface area contributed by atoms with Crippen LogP contribution in [0.3, 0.4) is 0 Å². The molecule has 4 N–H and O–H groups in total. The Kier molecular flexibility index (Phi) is 10.1. The summed E-state index contributed by atoms with van der Waals surface area (Å²) in [6.07, 6.45) is 11.5. The maximum absolute atomic E-state index is 11.9. The number of hydrogen-bond acceptors (Lipinski definition) is 8. The lowest BCUT2D eigenvalue weighted by Crippen LogP contribution is -2.29. The Labute approximate surface area is 213 Å². The molecule has 0 aromatic heterocycles. The Bertz CT molecular complexity index is 980. The molecule has 1 aromatic carbocycles. The van der Waals surface area contributed by atoms with E-state index in [2.05, 4.69) is 5.32 Å². The fourth-order valence-electron chi connectivity index (χ4n) is 5.28. The van der Waals surface area contributed by atoms with E-state index in [9.17, 15) is 14.7 Å². The van der Waals surface area contributed by atoms with Gasteiger partial charge in [-0.25, -0.2) is 0 Å². The van der Waals surface area contributed by atoms with Crippen molar-refractivity contribution < 1.29 is 28.9 Å². The van der Waals surface area contributed by atoms with Crippen molar-refractivity contribution in [2.75, 3.05) is 13.7 Å². The first-order chi connectivity index (χ1) is 17.2. The van der Waals surface area contributed by atoms with Crippen molar-refractivity contribution in [2.24, 2.45) is 11.7 Å². The van der Waals surface area contributed by atoms with E-state index in [1.807, 2.05) is 18.2 Å². The smallest absolute Gasteiger partial charge is 0.302 e. The van der Waals surface area contributed by atoms with Gasteiger partial charge in [0.25, 0.3) is 0 Å². The number of aryl methyl sites for hydroxylation is 1. The fourth-order valence-corrected chi connectivity index (χ4v) is 5.28. The molecule has 8 heteroatoms. The molecule has 0 radical (unpaired) electrons. The minimum Gasteiger partial charge on any atom is -0.504 e. The summed E-state index contributed by atoms with van der Waals surface area (Å²) in [5.74, 6) is 0.822. The number of ether oxygens (including phenoxy) is 3. The van der Waals surface area contributed by atoms with Gasteiger partial charge in [0.15, 0.2) is 11.5 Å². The van der Waals surface area contributed by atoms with E-state index < -0.39 is 6.10 Å². The number of carbonyl (C=O) groups excluding carboxylic acids is 2. The summed E-state index contributed by atoms with van der Waals surface area (Å²) < 4.78 is 16.7. The van der Waals surface area contributed by atoms with E-state index in [0.29, 0.717) is 43.3 Å². The zero-order valence-corrected chi connectivity index (χ0v) is 21.7. The van der Waals surface area contributed by atoms with Gasteiger partial charge in [-0.2, -0.15) is 0 Å². The molecule has 0 saturated heterocycles. The van der Waals surface area contributed by atoms with Gasteiger partial charge in [0.05, 0.1) is 12.9 Å². The number of esters is 2. The number of benzene rings is 1. The number of nitrogens with one attached hydrogen (secondary N) is 1. The molecule has 1 aliphatic carbocycles. The van der Waals surface area contributed by atoms with Crippen LogP contribution in [0.2, 0.25) is 0 Å². The third kappa shape index (κ3) is 8.21. The molecule has 1 saturated carbocycles. The molecular weight excluding hydrogens is 460 g/mol. The SMILES string of the molecule is COc1cc(CCC(CC(CC2CCCCC2)OC(C)=O)OC(C)=O)c(C2=CCNC(N)=C2)cc1O. The van der Waals surface area contributed by atoms with Crippen LogP contribution in [0.4, 0.5) is 0 Å². The lowest BCUT2D eigenvalue weighted by Gasteiger charge is -2.29. The van der Waals surface area contributed by atoms with Gasteiger partial charge in [0, 0.05) is 26.8 Å². The predicted octanol–water partition coefficient (Wildman–Crippen LogP) is 4.34. The van der Waals surface area contributed by atoms with Crippen molar-refractivity contribution in [3.8, 4) is 11.5 Å². The van der Waals surface area contributed by atoms with Gasteiger partial charge in [0.1, 0.15) is 12.2 Å². The van der Waals surface area contributed by atoms with Crippen LogP contribution in [0.15, 0.2) is 30.1 Å². The number of methoxy groups -OCH3 is 1. The topological polar surface area (TPSA) is 120 Å². The highest BCUT2D eigenvalue weighted by Crippen LogP contribution is 2.35. The number of phenols is 1. The summed E-state index contributed by atoms with van der Waals surface area (Å²) in [4.78, 5) is 23.8. The average molecular weight is 501 g/mol. The Morgan fingerprint density at radius 2 is 1.81 bits per heavy atom. The first kappa shape index (κ1) is 27.4. The molecule has 2 aliphatic rings. The van der Waals surface area contributed by atoms with E-state index in [1.165, 1.54) is 40.2 Å². The minimum atomic E-state index is -0.411. The van der Waals surface area contributed by atoms with E-state index in [0.717, 1.165) is 36.0 Å². The highest BCUT2D eigenvalue weighted by Gasteiger charge is 2.26. The summed E-state index contributed by atoms with van der Waals surface area (Å²) in [5.41, 5.74) is 8.66. The lowest BCUT2D eigenvalue weighted by molar-refractivity contribution is -0.153. The zero-order valence-electron chi connectivity index (χ0n) is 21.7. The molecule has 1 aliphatic heterocycles. The Hall–Kier alpha value is -3.16. The normalized spacial score (nSPS) is 17.8. The summed E-state index contributed by atoms with van der Waals surface area (Å²) in [6.45, 7) is 3.41. The Balaban J connectivity index is 1.79. The van der Waals surface area contributed by atoms with Crippen LogP contribution >= 0.6 is 0 Å². The maximum Gasteiger partial charge on any atom is 0.302 e. The molecule has 0 bridgehead atoms. The predicted molar refractivity (Wildman–Crippen MR) is 138 cm³/mol. The van der Waals surface area contributed by atoms with Crippen molar-refractivity contribution in [3.63, 3.8) is 0 Å². The molecule has 1 fully saturated rings. The monoisotopic (exact) mass is 500 g/mol. The molecular formula is C28H40N2O6. The number of rotatable bonds is 11. The summed E-state index contributed by atoms with van der Waals surface area (Å²) in [5, 5.41) is 13.5. The van der Waals surface area contributed by atoms with Gasteiger partial charge in [-0.05, 0) is 60.1 Å². The second kappa shape index (κ2) is 13.2.